The Hall–Kier alpha value is -0.570. The molecule has 0 amide bonds. The zero-order chi connectivity index (χ0) is 10.9. The molecule has 0 spiro atoms. The normalized spacial score (nSPS) is 35.5. The van der Waals surface area contributed by atoms with Gasteiger partial charge in [0.05, 0.1) is 7.11 Å². The first-order valence-corrected chi connectivity index (χ1v) is 6.06. The second-order valence-electron chi connectivity index (χ2n) is 5.01. The average Bonchev–Trinajstić information content (AvgIpc) is 2.95. The third-order valence-electron chi connectivity index (χ3n) is 3.83. The van der Waals surface area contributed by atoms with Crippen molar-refractivity contribution in [3.63, 3.8) is 0 Å². The SMILES string of the molecule is CCC1CCC(NC2CC2)(C(=O)OC)C1. The van der Waals surface area contributed by atoms with Gasteiger partial charge in [0.25, 0.3) is 0 Å². The summed E-state index contributed by atoms with van der Waals surface area (Å²) in [5.41, 5.74) is -0.351. The van der Waals surface area contributed by atoms with Crippen LogP contribution in [0.15, 0.2) is 0 Å². The van der Waals surface area contributed by atoms with Crippen molar-refractivity contribution in [1.82, 2.24) is 5.32 Å². The fraction of sp³-hybridized carbons (Fsp3) is 0.917. The molecular formula is C12H21NO2. The van der Waals surface area contributed by atoms with Gasteiger partial charge >= 0.3 is 5.97 Å². The molecule has 15 heavy (non-hydrogen) atoms. The smallest absolute Gasteiger partial charge is 0.326 e. The lowest BCUT2D eigenvalue weighted by Gasteiger charge is -2.27. The molecule has 3 nitrogen and oxygen atoms in total. The van der Waals surface area contributed by atoms with Crippen molar-refractivity contribution in [2.75, 3.05) is 7.11 Å². The summed E-state index contributed by atoms with van der Waals surface area (Å²) < 4.78 is 4.96. The number of rotatable bonds is 4. The van der Waals surface area contributed by atoms with Gasteiger partial charge in [0.2, 0.25) is 0 Å². The molecule has 2 atom stereocenters. The fourth-order valence-corrected chi connectivity index (χ4v) is 2.69. The van der Waals surface area contributed by atoms with Crippen molar-refractivity contribution < 1.29 is 9.53 Å². The van der Waals surface area contributed by atoms with Crippen molar-refractivity contribution in [2.45, 2.75) is 57.0 Å². The Kier molecular flexibility index (Phi) is 3.01. The predicted molar refractivity (Wildman–Crippen MR) is 58.5 cm³/mol. The largest absolute Gasteiger partial charge is 0.468 e. The molecule has 3 heteroatoms. The number of hydrogen-bond donors (Lipinski definition) is 1. The van der Waals surface area contributed by atoms with Crippen molar-refractivity contribution in [2.24, 2.45) is 5.92 Å². The van der Waals surface area contributed by atoms with Crippen LogP contribution in [0.5, 0.6) is 0 Å². The highest BCUT2D eigenvalue weighted by molar-refractivity contribution is 5.81. The first-order chi connectivity index (χ1) is 7.20. The molecule has 2 rings (SSSR count). The van der Waals surface area contributed by atoms with Gasteiger partial charge < -0.3 is 4.74 Å². The summed E-state index contributed by atoms with van der Waals surface area (Å²) in [5, 5.41) is 3.51. The zero-order valence-corrected chi connectivity index (χ0v) is 9.71. The van der Waals surface area contributed by atoms with Gasteiger partial charge in [0.15, 0.2) is 0 Å². The van der Waals surface area contributed by atoms with Crippen LogP contribution in [-0.2, 0) is 9.53 Å². The first-order valence-electron chi connectivity index (χ1n) is 6.06. The minimum atomic E-state index is -0.351. The van der Waals surface area contributed by atoms with Crippen LogP contribution in [0.2, 0.25) is 0 Å². The number of carbonyl (C=O) groups is 1. The zero-order valence-electron chi connectivity index (χ0n) is 9.71. The number of hydrogen-bond acceptors (Lipinski definition) is 3. The summed E-state index contributed by atoms with van der Waals surface area (Å²) in [4.78, 5) is 11.9. The molecular weight excluding hydrogens is 190 g/mol. The van der Waals surface area contributed by atoms with Gasteiger partial charge in [0.1, 0.15) is 5.54 Å². The Bertz CT molecular complexity index is 250. The van der Waals surface area contributed by atoms with E-state index in [-0.39, 0.29) is 11.5 Å². The van der Waals surface area contributed by atoms with E-state index in [2.05, 4.69) is 12.2 Å². The van der Waals surface area contributed by atoms with Crippen LogP contribution in [0.3, 0.4) is 0 Å². The maximum Gasteiger partial charge on any atom is 0.326 e. The standard InChI is InChI=1S/C12H21NO2/c1-3-9-6-7-12(8-9,11(14)15-2)13-10-4-5-10/h9-10,13H,3-8H2,1-2H3. The molecule has 2 fully saturated rings. The van der Waals surface area contributed by atoms with E-state index in [1.54, 1.807) is 0 Å². The molecule has 1 N–H and O–H groups in total. The van der Waals surface area contributed by atoms with Gasteiger partial charge in [-0.25, -0.2) is 0 Å². The van der Waals surface area contributed by atoms with Crippen LogP contribution in [0.1, 0.15) is 45.4 Å². The van der Waals surface area contributed by atoms with Gasteiger partial charge in [-0.05, 0) is 38.0 Å². The molecule has 0 saturated heterocycles. The maximum absolute atomic E-state index is 11.9. The third-order valence-corrected chi connectivity index (χ3v) is 3.83. The lowest BCUT2D eigenvalue weighted by Crippen LogP contribution is -2.51. The molecule has 0 aromatic carbocycles. The lowest BCUT2D eigenvalue weighted by molar-refractivity contribution is -0.148. The van der Waals surface area contributed by atoms with E-state index in [0.29, 0.717) is 12.0 Å². The molecule has 0 aromatic heterocycles. The Balaban J connectivity index is 2.05. The maximum atomic E-state index is 11.9. The number of nitrogens with one attached hydrogen (secondary N) is 1. The quantitative estimate of drug-likeness (QED) is 0.721. The number of esters is 1. The molecule has 2 unspecified atom stereocenters. The molecule has 2 aliphatic carbocycles. The summed E-state index contributed by atoms with van der Waals surface area (Å²) in [6, 6.07) is 0.569. The van der Waals surface area contributed by atoms with Crippen LogP contribution < -0.4 is 5.32 Å². The van der Waals surface area contributed by atoms with Crippen molar-refractivity contribution in [1.29, 1.82) is 0 Å². The summed E-state index contributed by atoms with van der Waals surface area (Å²) in [6.07, 6.45) is 6.68. The minimum Gasteiger partial charge on any atom is -0.468 e. The molecule has 0 bridgehead atoms. The third kappa shape index (κ3) is 2.17. The van der Waals surface area contributed by atoms with E-state index in [4.69, 9.17) is 4.74 Å². The van der Waals surface area contributed by atoms with E-state index in [1.165, 1.54) is 26.4 Å². The van der Waals surface area contributed by atoms with E-state index in [1.807, 2.05) is 0 Å². The lowest BCUT2D eigenvalue weighted by atomic mass is 9.95. The number of carbonyl (C=O) groups excluding carboxylic acids is 1. The summed E-state index contributed by atoms with van der Waals surface area (Å²) in [5.74, 6) is 0.640. The average molecular weight is 211 g/mol. The molecule has 86 valence electrons. The minimum absolute atomic E-state index is 0.0506. The summed E-state index contributed by atoms with van der Waals surface area (Å²) in [7, 11) is 1.50. The highest BCUT2D eigenvalue weighted by Crippen LogP contribution is 2.39. The fourth-order valence-electron chi connectivity index (χ4n) is 2.69. The van der Waals surface area contributed by atoms with Crippen molar-refractivity contribution >= 4 is 5.97 Å². The highest BCUT2D eigenvalue weighted by atomic mass is 16.5. The highest BCUT2D eigenvalue weighted by Gasteiger charge is 2.48. The monoisotopic (exact) mass is 211 g/mol. The van der Waals surface area contributed by atoms with E-state index in [0.717, 1.165) is 19.3 Å². The second kappa shape index (κ2) is 4.12. The van der Waals surface area contributed by atoms with Crippen LogP contribution in [-0.4, -0.2) is 24.7 Å². The topological polar surface area (TPSA) is 38.3 Å². The Morgan fingerprint density at radius 2 is 2.20 bits per heavy atom. The Morgan fingerprint density at radius 3 is 2.67 bits per heavy atom. The van der Waals surface area contributed by atoms with E-state index >= 15 is 0 Å². The van der Waals surface area contributed by atoms with Gasteiger partial charge in [-0.1, -0.05) is 13.3 Å². The van der Waals surface area contributed by atoms with E-state index < -0.39 is 0 Å². The number of methoxy groups -OCH3 is 1. The predicted octanol–water partition coefficient (Wildman–Crippen LogP) is 1.86. The second-order valence-corrected chi connectivity index (χ2v) is 5.01. The molecule has 0 heterocycles. The molecule has 2 aliphatic rings. The van der Waals surface area contributed by atoms with E-state index in [9.17, 15) is 4.79 Å². The summed E-state index contributed by atoms with van der Waals surface area (Å²) in [6.45, 7) is 2.20. The van der Waals surface area contributed by atoms with Crippen LogP contribution in [0, 0.1) is 5.92 Å². The molecule has 0 aromatic rings. The van der Waals surface area contributed by atoms with Crippen LogP contribution in [0.4, 0.5) is 0 Å². The van der Waals surface area contributed by atoms with Crippen molar-refractivity contribution in [3.8, 4) is 0 Å². The molecule has 0 aliphatic heterocycles. The number of ether oxygens (including phenoxy) is 1. The molecule has 2 saturated carbocycles. The van der Waals surface area contributed by atoms with Gasteiger partial charge in [-0.3, -0.25) is 10.1 Å². The van der Waals surface area contributed by atoms with Gasteiger partial charge in [0, 0.05) is 6.04 Å². The van der Waals surface area contributed by atoms with Crippen LogP contribution >= 0.6 is 0 Å². The Morgan fingerprint density at radius 1 is 1.47 bits per heavy atom. The first kappa shape index (κ1) is 10.9. The molecule has 0 radical (unpaired) electrons. The van der Waals surface area contributed by atoms with Gasteiger partial charge in [-0.2, -0.15) is 0 Å². The van der Waals surface area contributed by atoms with Crippen molar-refractivity contribution in [3.05, 3.63) is 0 Å². The Labute approximate surface area is 91.6 Å². The van der Waals surface area contributed by atoms with Gasteiger partial charge in [-0.15, -0.1) is 0 Å². The summed E-state index contributed by atoms with van der Waals surface area (Å²) >= 11 is 0. The van der Waals surface area contributed by atoms with Crippen LogP contribution in [0.25, 0.3) is 0 Å².